The van der Waals surface area contributed by atoms with Gasteiger partial charge in [-0.1, -0.05) is 40.0 Å². The summed E-state index contributed by atoms with van der Waals surface area (Å²) in [5, 5.41) is 8.85. The van der Waals surface area contributed by atoms with E-state index in [1.54, 1.807) is 0 Å². The molecule has 0 aliphatic carbocycles. The molecule has 74 valence electrons. The van der Waals surface area contributed by atoms with Crippen LogP contribution in [-0.2, 0) is 0 Å². The van der Waals surface area contributed by atoms with E-state index < -0.39 is 0 Å². The van der Waals surface area contributed by atoms with Crippen molar-refractivity contribution in [2.75, 3.05) is 6.61 Å². The van der Waals surface area contributed by atoms with E-state index in [0.29, 0.717) is 6.61 Å². The fraction of sp³-hybridized carbons (Fsp3) is 1.00. The number of aliphatic hydroxyl groups excluding tert-OH is 1. The van der Waals surface area contributed by atoms with Crippen LogP contribution in [0.5, 0.6) is 0 Å². The molecule has 0 aromatic rings. The topological polar surface area (TPSA) is 20.2 Å². The molecule has 0 saturated carbocycles. The Bertz CT molecular complexity index is 89.0. The lowest BCUT2D eigenvalue weighted by Crippen LogP contribution is -2.06. The van der Waals surface area contributed by atoms with Crippen LogP contribution in [0, 0.1) is 11.8 Å². The van der Waals surface area contributed by atoms with Gasteiger partial charge in [0, 0.05) is 6.61 Å². The third-order valence-electron chi connectivity index (χ3n) is 2.31. The highest BCUT2D eigenvalue weighted by atomic mass is 16.3. The van der Waals surface area contributed by atoms with Crippen molar-refractivity contribution in [3.8, 4) is 0 Å². The van der Waals surface area contributed by atoms with Gasteiger partial charge in [-0.3, -0.25) is 0 Å². The van der Waals surface area contributed by atoms with E-state index in [4.69, 9.17) is 5.11 Å². The maximum Gasteiger partial charge on any atom is 0.0433 e. The summed E-state index contributed by atoms with van der Waals surface area (Å²) in [4.78, 5) is 0. The van der Waals surface area contributed by atoms with E-state index in [9.17, 15) is 0 Å². The van der Waals surface area contributed by atoms with Crippen molar-refractivity contribution in [1.82, 2.24) is 0 Å². The molecule has 0 bridgehead atoms. The average molecular weight is 172 g/mol. The second-order valence-corrected chi connectivity index (χ2v) is 4.15. The summed E-state index contributed by atoms with van der Waals surface area (Å²) in [6.07, 6.45) is 6.17. The first-order chi connectivity index (χ1) is 5.70. The zero-order valence-corrected chi connectivity index (χ0v) is 8.84. The predicted molar refractivity (Wildman–Crippen MR) is 54.2 cm³/mol. The van der Waals surface area contributed by atoms with Crippen LogP contribution in [0.1, 0.15) is 52.9 Å². The molecule has 0 radical (unpaired) electrons. The van der Waals surface area contributed by atoms with Crippen molar-refractivity contribution in [3.63, 3.8) is 0 Å². The zero-order valence-electron chi connectivity index (χ0n) is 8.84. The molecule has 0 aromatic heterocycles. The molecular formula is C11H24O. The second kappa shape index (κ2) is 7.60. The van der Waals surface area contributed by atoms with Crippen molar-refractivity contribution in [2.45, 2.75) is 52.9 Å². The Kier molecular flexibility index (Phi) is 7.58. The van der Waals surface area contributed by atoms with Crippen LogP contribution >= 0.6 is 0 Å². The standard InChI is InChI=1S/C11H24O/c1-4-5-6-11(7-8-12)9-10(2)3/h10-12H,4-9H2,1-3H3. The summed E-state index contributed by atoms with van der Waals surface area (Å²) in [5.41, 5.74) is 0. The van der Waals surface area contributed by atoms with Gasteiger partial charge in [-0.25, -0.2) is 0 Å². The maximum atomic E-state index is 8.85. The molecule has 12 heavy (non-hydrogen) atoms. The molecule has 0 spiro atoms. The van der Waals surface area contributed by atoms with Crippen molar-refractivity contribution in [3.05, 3.63) is 0 Å². The van der Waals surface area contributed by atoms with Crippen molar-refractivity contribution < 1.29 is 5.11 Å². The molecule has 0 saturated heterocycles. The van der Waals surface area contributed by atoms with E-state index >= 15 is 0 Å². The van der Waals surface area contributed by atoms with Crippen LogP contribution in [0.4, 0.5) is 0 Å². The van der Waals surface area contributed by atoms with Crippen LogP contribution in [0.25, 0.3) is 0 Å². The van der Waals surface area contributed by atoms with Gasteiger partial charge < -0.3 is 5.11 Å². The largest absolute Gasteiger partial charge is 0.396 e. The van der Waals surface area contributed by atoms with Crippen LogP contribution < -0.4 is 0 Å². The quantitative estimate of drug-likeness (QED) is 0.625. The van der Waals surface area contributed by atoms with E-state index in [2.05, 4.69) is 20.8 Å². The Balaban J connectivity index is 3.54. The number of hydrogen-bond acceptors (Lipinski definition) is 1. The summed E-state index contributed by atoms with van der Waals surface area (Å²) >= 11 is 0. The summed E-state index contributed by atoms with van der Waals surface area (Å²) in [6, 6.07) is 0. The fourth-order valence-corrected chi connectivity index (χ4v) is 1.72. The molecule has 1 heteroatoms. The Morgan fingerprint density at radius 3 is 2.25 bits per heavy atom. The number of hydrogen-bond donors (Lipinski definition) is 1. The van der Waals surface area contributed by atoms with Gasteiger partial charge in [0.05, 0.1) is 0 Å². The predicted octanol–water partition coefficient (Wildman–Crippen LogP) is 3.22. The molecule has 0 aliphatic heterocycles. The van der Waals surface area contributed by atoms with Crippen LogP contribution in [0.15, 0.2) is 0 Å². The number of aliphatic hydroxyl groups is 1. The van der Waals surface area contributed by atoms with Gasteiger partial charge in [-0.15, -0.1) is 0 Å². The molecular weight excluding hydrogens is 148 g/mol. The van der Waals surface area contributed by atoms with Gasteiger partial charge in [0.15, 0.2) is 0 Å². The van der Waals surface area contributed by atoms with Crippen LogP contribution in [-0.4, -0.2) is 11.7 Å². The lowest BCUT2D eigenvalue weighted by atomic mass is 9.90. The van der Waals surface area contributed by atoms with E-state index in [-0.39, 0.29) is 0 Å². The van der Waals surface area contributed by atoms with Crippen LogP contribution in [0.3, 0.4) is 0 Å². The van der Waals surface area contributed by atoms with Gasteiger partial charge in [-0.2, -0.15) is 0 Å². The van der Waals surface area contributed by atoms with Crippen LogP contribution in [0.2, 0.25) is 0 Å². The first-order valence-electron chi connectivity index (χ1n) is 5.31. The number of unbranched alkanes of at least 4 members (excludes halogenated alkanes) is 1. The summed E-state index contributed by atoms with van der Waals surface area (Å²) in [5.74, 6) is 1.54. The monoisotopic (exact) mass is 172 g/mol. The molecule has 1 atom stereocenters. The van der Waals surface area contributed by atoms with E-state index in [0.717, 1.165) is 18.3 Å². The average Bonchev–Trinajstić information content (AvgIpc) is 2.00. The number of rotatable bonds is 7. The van der Waals surface area contributed by atoms with Gasteiger partial charge in [0.25, 0.3) is 0 Å². The Hall–Kier alpha value is -0.0400. The molecule has 1 unspecified atom stereocenters. The molecule has 0 amide bonds. The highest BCUT2D eigenvalue weighted by Gasteiger charge is 2.09. The highest BCUT2D eigenvalue weighted by molar-refractivity contribution is 4.61. The van der Waals surface area contributed by atoms with Gasteiger partial charge in [0.1, 0.15) is 0 Å². The summed E-state index contributed by atoms with van der Waals surface area (Å²) < 4.78 is 0. The first kappa shape index (κ1) is 12.0. The normalized spacial score (nSPS) is 13.8. The van der Waals surface area contributed by atoms with Crippen molar-refractivity contribution in [1.29, 1.82) is 0 Å². The SMILES string of the molecule is CCCCC(CCO)CC(C)C. The lowest BCUT2D eigenvalue weighted by molar-refractivity contribution is 0.234. The van der Waals surface area contributed by atoms with E-state index in [1.165, 1.54) is 25.7 Å². The molecule has 1 nitrogen and oxygen atoms in total. The van der Waals surface area contributed by atoms with Gasteiger partial charge in [0.2, 0.25) is 0 Å². The molecule has 0 fully saturated rings. The van der Waals surface area contributed by atoms with Gasteiger partial charge in [-0.05, 0) is 24.7 Å². The minimum absolute atomic E-state index is 0.362. The molecule has 0 rings (SSSR count). The van der Waals surface area contributed by atoms with E-state index in [1.807, 2.05) is 0 Å². The maximum absolute atomic E-state index is 8.85. The molecule has 0 heterocycles. The lowest BCUT2D eigenvalue weighted by Gasteiger charge is -2.17. The smallest absolute Gasteiger partial charge is 0.0433 e. The Labute approximate surface area is 77.2 Å². The third kappa shape index (κ3) is 6.66. The van der Waals surface area contributed by atoms with Gasteiger partial charge >= 0.3 is 0 Å². The molecule has 0 aromatic carbocycles. The Morgan fingerprint density at radius 2 is 1.83 bits per heavy atom. The van der Waals surface area contributed by atoms with Crippen molar-refractivity contribution in [2.24, 2.45) is 11.8 Å². The summed E-state index contributed by atoms with van der Waals surface area (Å²) in [6.45, 7) is 7.11. The minimum atomic E-state index is 0.362. The molecule has 0 aliphatic rings. The van der Waals surface area contributed by atoms with Crippen molar-refractivity contribution >= 4 is 0 Å². The minimum Gasteiger partial charge on any atom is -0.396 e. The third-order valence-corrected chi connectivity index (χ3v) is 2.31. The second-order valence-electron chi connectivity index (χ2n) is 4.15. The zero-order chi connectivity index (χ0) is 9.40. The fourth-order valence-electron chi connectivity index (χ4n) is 1.72. The summed E-state index contributed by atoms with van der Waals surface area (Å²) in [7, 11) is 0. The Morgan fingerprint density at radius 1 is 1.17 bits per heavy atom. The first-order valence-corrected chi connectivity index (χ1v) is 5.31. The highest BCUT2D eigenvalue weighted by Crippen LogP contribution is 2.20. The molecule has 1 N–H and O–H groups in total.